The zero-order valence-electron chi connectivity index (χ0n) is 13.1. The Morgan fingerprint density at radius 1 is 0.952 bits per heavy atom. The lowest BCUT2D eigenvalue weighted by molar-refractivity contribution is -0.399. The topological polar surface area (TPSA) is 3.01 Å². The summed E-state index contributed by atoms with van der Waals surface area (Å²) in [6.07, 6.45) is 4.13. The number of rotatable bonds is 3. The third-order valence-electron chi connectivity index (χ3n) is 3.51. The minimum Gasteiger partial charge on any atom is -0.200 e. The van der Waals surface area contributed by atoms with E-state index in [9.17, 15) is 0 Å². The molecule has 0 heterocycles. The van der Waals surface area contributed by atoms with Crippen molar-refractivity contribution in [2.45, 2.75) is 20.8 Å². The molecule has 2 rings (SSSR count). The zero-order chi connectivity index (χ0) is 15.4. The molecular weight excluding hydrogens is 274 g/mol. The number of hydrogen-bond acceptors (Lipinski definition) is 1. The van der Waals surface area contributed by atoms with Crippen molar-refractivity contribution in [3.63, 3.8) is 0 Å². The molecule has 0 N–H and O–H groups in total. The second-order valence-electron chi connectivity index (χ2n) is 5.46. The van der Waals surface area contributed by atoms with Crippen molar-refractivity contribution in [3.05, 3.63) is 69.6 Å². The minimum absolute atomic E-state index is 0.934. The van der Waals surface area contributed by atoms with Gasteiger partial charge in [-0.1, -0.05) is 48.0 Å². The average molecular weight is 296 g/mol. The Hall–Kier alpha value is -1.80. The van der Waals surface area contributed by atoms with Crippen molar-refractivity contribution >= 4 is 30.6 Å². The molecule has 0 aliphatic carbocycles. The van der Waals surface area contributed by atoms with Crippen LogP contribution in [0.3, 0.4) is 0 Å². The molecule has 0 unspecified atom stereocenters. The lowest BCUT2D eigenvalue weighted by atomic mass is 10.1. The lowest BCUT2D eigenvalue weighted by Crippen LogP contribution is -2.03. The fraction of sp³-hybridized carbons (Fsp3) is 0.211. The van der Waals surface area contributed by atoms with Crippen LogP contribution in [0.1, 0.15) is 22.3 Å². The first-order valence-electron chi connectivity index (χ1n) is 7.08. The smallest absolute Gasteiger partial charge is 0.200 e. The molecule has 108 valence electrons. The number of hydrogen-bond donors (Lipinski definition) is 1. The summed E-state index contributed by atoms with van der Waals surface area (Å²) >= 11 is 4.59. The van der Waals surface area contributed by atoms with Crippen molar-refractivity contribution in [1.29, 1.82) is 0 Å². The third-order valence-corrected chi connectivity index (χ3v) is 3.75. The van der Waals surface area contributed by atoms with Gasteiger partial charge in [-0.15, -0.1) is 12.6 Å². The Morgan fingerprint density at radius 2 is 1.52 bits per heavy atom. The average Bonchev–Trinajstić information content (AvgIpc) is 2.41. The van der Waals surface area contributed by atoms with E-state index in [0.717, 1.165) is 10.5 Å². The van der Waals surface area contributed by atoms with Gasteiger partial charge in [-0.3, -0.25) is 0 Å². The first kappa shape index (κ1) is 15.6. The highest BCUT2D eigenvalue weighted by molar-refractivity contribution is 7.85. The first-order valence-corrected chi connectivity index (χ1v) is 7.53. The van der Waals surface area contributed by atoms with Crippen LogP contribution >= 0.6 is 12.6 Å². The van der Waals surface area contributed by atoms with E-state index in [-0.39, 0.29) is 0 Å². The molecule has 2 aromatic carbocycles. The quantitative estimate of drug-likeness (QED) is 0.465. The second kappa shape index (κ2) is 6.77. The summed E-state index contributed by atoms with van der Waals surface area (Å²) < 4.78 is 2.14. The van der Waals surface area contributed by atoms with Crippen molar-refractivity contribution in [3.8, 4) is 0 Å². The Labute approximate surface area is 133 Å². The van der Waals surface area contributed by atoms with Crippen LogP contribution in [0.2, 0.25) is 0 Å². The summed E-state index contributed by atoms with van der Waals surface area (Å²) in [6, 6.07) is 14.8. The standard InChI is InChI=1S/C19H21NS/c1-14-8-10-17(11-9-14)12-18(21)13-20(4)19-15(2)6-5-7-16(19)3/h5-13H,1-4H3/p+1/b18-12-,20-13?. The van der Waals surface area contributed by atoms with Gasteiger partial charge < -0.3 is 0 Å². The molecule has 0 atom stereocenters. The summed E-state index contributed by atoms with van der Waals surface area (Å²) in [5, 5.41) is 0. The van der Waals surface area contributed by atoms with Crippen LogP contribution < -0.4 is 0 Å². The van der Waals surface area contributed by atoms with Crippen molar-refractivity contribution in [2.75, 3.05) is 7.05 Å². The zero-order valence-corrected chi connectivity index (χ0v) is 14.0. The van der Waals surface area contributed by atoms with E-state index < -0.39 is 0 Å². The van der Waals surface area contributed by atoms with Crippen LogP contribution in [0.15, 0.2) is 47.4 Å². The molecule has 0 fully saturated rings. The molecule has 2 heteroatoms. The molecule has 2 aromatic rings. The molecular formula is C19H22NS+. The molecule has 21 heavy (non-hydrogen) atoms. The molecule has 0 spiro atoms. The normalized spacial score (nSPS) is 12.6. The SMILES string of the molecule is Cc1ccc(/C=C(\S)C=[N+](C)c2c(C)cccc2C)cc1. The number of aryl methyl sites for hydroxylation is 3. The molecule has 0 aliphatic rings. The van der Waals surface area contributed by atoms with E-state index in [0.29, 0.717) is 0 Å². The summed E-state index contributed by atoms with van der Waals surface area (Å²) in [5.41, 5.74) is 6.21. The van der Waals surface area contributed by atoms with Gasteiger partial charge in [-0.25, -0.2) is 4.58 Å². The van der Waals surface area contributed by atoms with Crippen LogP contribution in [0.5, 0.6) is 0 Å². The Kier molecular flexibility index (Phi) is 5.03. The first-order chi connectivity index (χ1) is 9.97. The highest BCUT2D eigenvalue weighted by Gasteiger charge is 2.11. The third kappa shape index (κ3) is 4.08. The van der Waals surface area contributed by atoms with Crippen molar-refractivity contribution in [2.24, 2.45) is 0 Å². The fourth-order valence-electron chi connectivity index (χ4n) is 2.50. The number of allylic oxidation sites excluding steroid dienone is 1. The molecule has 0 bridgehead atoms. The molecule has 0 saturated heterocycles. The largest absolute Gasteiger partial charge is 0.210 e. The highest BCUT2D eigenvalue weighted by Crippen LogP contribution is 2.22. The van der Waals surface area contributed by atoms with Crippen molar-refractivity contribution < 1.29 is 4.58 Å². The number of thiol groups is 1. The molecule has 1 nitrogen and oxygen atoms in total. The van der Waals surface area contributed by atoms with E-state index in [1.165, 1.54) is 22.4 Å². The van der Waals surface area contributed by atoms with Gasteiger partial charge in [-0.2, -0.15) is 0 Å². The number of nitrogens with zero attached hydrogens (tertiary/aromatic N) is 1. The van der Waals surface area contributed by atoms with E-state index >= 15 is 0 Å². The van der Waals surface area contributed by atoms with Gasteiger partial charge in [-0.05, 0) is 32.4 Å². The molecule has 0 aliphatic heterocycles. The van der Waals surface area contributed by atoms with Crippen LogP contribution in [0.4, 0.5) is 5.69 Å². The van der Waals surface area contributed by atoms with Gasteiger partial charge in [0.25, 0.3) is 0 Å². The molecule has 0 radical (unpaired) electrons. The number of para-hydroxylation sites is 1. The van der Waals surface area contributed by atoms with Crippen molar-refractivity contribution in [1.82, 2.24) is 0 Å². The maximum atomic E-state index is 4.59. The van der Waals surface area contributed by atoms with E-state index in [1.54, 1.807) is 0 Å². The molecule has 0 saturated carbocycles. The minimum atomic E-state index is 0.934. The van der Waals surface area contributed by atoms with Gasteiger partial charge in [0.05, 0.1) is 4.91 Å². The highest BCUT2D eigenvalue weighted by atomic mass is 32.1. The number of benzene rings is 2. The molecule has 0 amide bonds. The Morgan fingerprint density at radius 3 is 2.10 bits per heavy atom. The lowest BCUT2D eigenvalue weighted by Gasteiger charge is -2.04. The maximum Gasteiger partial charge on any atom is 0.210 e. The van der Waals surface area contributed by atoms with E-state index in [2.05, 4.69) is 99.8 Å². The predicted octanol–water partition coefficient (Wildman–Crippen LogP) is 4.93. The van der Waals surface area contributed by atoms with E-state index in [1.807, 2.05) is 0 Å². The summed E-state index contributed by atoms with van der Waals surface area (Å²) in [7, 11) is 2.06. The van der Waals surface area contributed by atoms with Gasteiger partial charge in [0.15, 0.2) is 6.21 Å². The second-order valence-corrected chi connectivity index (χ2v) is 5.98. The summed E-state index contributed by atoms with van der Waals surface area (Å²) in [6.45, 7) is 6.36. The Balaban J connectivity index is 2.32. The maximum absolute atomic E-state index is 4.59. The van der Waals surface area contributed by atoms with Crippen LogP contribution in [0.25, 0.3) is 6.08 Å². The van der Waals surface area contributed by atoms with Crippen LogP contribution in [-0.2, 0) is 0 Å². The van der Waals surface area contributed by atoms with Gasteiger partial charge in [0.1, 0.15) is 7.05 Å². The fourth-order valence-corrected chi connectivity index (χ4v) is 2.82. The predicted molar refractivity (Wildman–Crippen MR) is 96.0 cm³/mol. The van der Waals surface area contributed by atoms with Gasteiger partial charge in [0.2, 0.25) is 5.69 Å². The molecule has 0 aromatic heterocycles. The monoisotopic (exact) mass is 296 g/mol. The summed E-state index contributed by atoms with van der Waals surface area (Å²) in [4.78, 5) is 0.934. The van der Waals surface area contributed by atoms with E-state index in [4.69, 9.17) is 0 Å². The van der Waals surface area contributed by atoms with Crippen LogP contribution in [0, 0.1) is 20.8 Å². The van der Waals surface area contributed by atoms with Gasteiger partial charge in [0, 0.05) is 11.1 Å². The van der Waals surface area contributed by atoms with Crippen LogP contribution in [-0.4, -0.2) is 17.8 Å². The summed E-state index contributed by atoms with van der Waals surface area (Å²) in [5.74, 6) is 0. The Bertz CT molecular complexity index is 674. The van der Waals surface area contributed by atoms with Gasteiger partial charge >= 0.3 is 0 Å².